The molecule has 0 heterocycles. The fraction of sp³-hybridized carbons (Fsp3) is 0.500. The highest BCUT2D eigenvalue weighted by Gasteiger charge is 2.19. The smallest absolute Gasteiger partial charge is 0.146 e. The molecule has 18 heavy (non-hydrogen) atoms. The topological polar surface area (TPSA) is 38.0 Å². The number of thiocarbonyl (C=S) groups is 1. The van der Waals surface area contributed by atoms with Gasteiger partial charge in [0.25, 0.3) is 0 Å². The average molecular weight is 268 g/mol. The molecular formula is C14H21FN2S. The Morgan fingerprint density at radius 2 is 2.06 bits per heavy atom. The van der Waals surface area contributed by atoms with E-state index in [1.807, 2.05) is 0 Å². The summed E-state index contributed by atoms with van der Waals surface area (Å²) < 4.78 is 13.8. The number of rotatable bonds is 4. The van der Waals surface area contributed by atoms with E-state index in [9.17, 15) is 4.39 Å². The van der Waals surface area contributed by atoms with E-state index in [0.717, 1.165) is 6.54 Å². The van der Waals surface area contributed by atoms with Gasteiger partial charge in [0.2, 0.25) is 0 Å². The molecule has 0 aliphatic rings. The highest BCUT2D eigenvalue weighted by atomic mass is 32.1. The molecule has 3 N–H and O–H groups in total. The number of halogens is 1. The molecule has 0 bridgehead atoms. The molecule has 1 aromatic carbocycles. The van der Waals surface area contributed by atoms with Gasteiger partial charge in [0.1, 0.15) is 10.8 Å². The van der Waals surface area contributed by atoms with Gasteiger partial charge in [0.05, 0.1) is 5.69 Å². The van der Waals surface area contributed by atoms with Gasteiger partial charge in [-0.3, -0.25) is 0 Å². The van der Waals surface area contributed by atoms with E-state index in [4.69, 9.17) is 18.0 Å². The first-order chi connectivity index (χ1) is 8.21. The van der Waals surface area contributed by atoms with Crippen LogP contribution >= 0.6 is 12.2 Å². The summed E-state index contributed by atoms with van der Waals surface area (Å²) in [5.74, 6) is 0.119. The van der Waals surface area contributed by atoms with Crippen LogP contribution in [0.25, 0.3) is 0 Å². The third-order valence-electron chi connectivity index (χ3n) is 3.33. The molecule has 2 nitrogen and oxygen atoms in total. The van der Waals surface area contributed by atoms with Crippen LogP contribution in [0.1, 0.15) is 33.3 Å². The van der Waals surface area contributed by atoms with Gasteiger partial charge in [0.15, 0.2) is 0 Å². The summed E-state index contributed by atoms with van der Waals surface area (Å²) in [5, 5.41) is 3.13. The van der Waals surface area contributed by atoms with E-state index in [2.05, 4.69) is 33.0 Å². The predicted octanol–water partition coefficient (Wildman–Crippen LogP) is 3.55. The van der Waals surface area contributed by atoms with Crippen molar-refractivity contribution >= 4 is 22.9 Å². The summed E-state index contributed by atoms with van der Waals surface area (Å²) in [6, 6.07) is 4.78. The van der Waals surface area contributed by atoms with Crippen molar-refractivity contribution in [3.05, 3.63) is 29.6 Å². The van der Waals surface area contributed by atoms with Gasteiger partial charge in [-0.2, -0.15) is 0 Å². The Morgan fingerprint density at radius 3 is 2.50 bits per heavy atom. The summed E-state index contributed by atoms with van der Waals surface area (Å²) in [4.78, 5) is 0.212. The van der Waals surface area contributed by atoms with Gasteiger partial charge < -0.3 is 11.1 Å². The monoisotopic (exact) mass is 268 g/mol. The van der Waals surface area contributed by atoms with Crippen molar-refractivity contribution in [2.75, 3.05) is 11.9 Å². The van der Waals surface area contributed by atoms with Gasteiger partial charge in [0, 0.05) is 12.1 Å². The lowest BCUT2D eigenvalue weighted by Crippen LogP contribution is -2.25. The number of hydrogen-bond acceptors (Lipinski definition) is 2. The van der Waals surface area contributed by atoms with Crippen LogP contribution in [-0.4, -0.2) is 11.5 Å². The molecule has 1 unspecified atom stereocenters. The zero-order valence-electron chi connectivity index (χ0n) is 11.4. The normalized spacial score (nSPS) is 13.2. The summed E-state index contributed by atoms with van der Waals surface area (Å²) in [6.45, 7) is 9.39. The van der Waals surface area contributed by atoms with E-state index < -0.39 is 0 Å². The Balaban J connectivity index is 2.72. The van der Waals surface area contributed by atoms with E-state index in [1.165, 1.54) is 6.07 Å². The standard InChI is InChI=1S/C14H21FN2S/c1-9(14(2,3)4)8-17-12-6-5-10(13(16)18)7-11(12)15/h5-7,9,17H,8H2,1-4H3,(H2,16,18). The Hall–Kier alpha value is -1.16. The molecule has 0 radical (unpaired) electrons. The van der Waals surface area contributed by atoms with Crippen molar-refractivity contribution in [2.24, 2.45) is 17.1 Å². The number of nitrogens with one attached hydrogen (secondary N) is 1. The molecule has 0 aromatic heterocycles. The molecular weight excluding hydrogens is 247 g/mol. The van der Waals surface area contributed by atoms with Crippen molar-refractivity contribution in [2.45, 2.75) is 27.7 Å². The molecule has 0 spiro atoms. The van der Waals surface area contributed by atoms with Gasteiger partial charge in [-0.15, -0.1) is 0 Å². The average Bonchev–Trinajstić information content (AvgIpc) is 2.25. The molecule has 0 saturated carbocycles. The summed E-state index contributed by atoms with van der Waals surface area (Å²) >= 11 is 4.81. The van der Waals surface area contributed by atoms with E-state index in [1.54, 1.807) is 12.1 Å². The maximum atomic E-state index is 13.8. The lowest BCUT2D eigenvalue weighted by atomic mass is 9.82. The van der Waals surface area contributed by atoms with Gasteiger partial charge >= 0.3 is 0 Å². The van der Waals surface area contributed by atoms with Crippen LogP contribution in [0.5, 0.6) is 0 Å². The zero-order valence-corrected chi connectivity index (χ0v) is 12.2. The molecule has 4 heteroatoms. The maximum absolute atomic E-state index is 13.8. The largest absolute Gasteiger partial charge is 0.389 e. The molecule has 1 rings (SSSR count). The summed E-state index contributed by atoms with van der Waals surface area (Å²) in [5.41, 5.74) is 6.70. The molecule has 0 saturated heterocycles. The quantitative estimate of drug-likeness (QED) is 0.820. The van der Waals surface area contributed by atoms with Crippen LogP contribution in [-0.2, 0) is 0 Å². The van der Waals surface area contributed by atoms with Gasteiger partial charge in [-0.25, -0.2) is 4.39 Å². The highest BCUT2D eigenvalue weighted by molar-refractivity contribution is 7.80. The summed E-state index contributed by atoms with van der Waals surface area (Å²) in [7, 11) is 0. The molecule has 1 aromatic rings. The number of nitrogens with two attached hydrogens (primary N) is 1. The number of anilines is 1. The maximum Gasteiger partial charge on any atom is 0.146 e. The second kappa shape index (κ2) is 5.65. The molecule has 0 aliphatic heterocycles. The SMILES string of the molecule is CC(CNc1ccc(C(N)=S)cc1F)C(C)(C)C. The van der Waals surface area contributed by atoms with Crippen LogP contribution < -0.4 is 11.1 Å². The second-order valence-electron chi connectivity index (χ2n) is 5.71. The van der Waals surface area contributed by atoms with Crippen LogP contribution in [0, 0.1) is 17.2 Å². The first-order valence-corrected chi connectivity index (χ1v) is 6.46. The summed E-state index contributed by atoms with van der Waals surface area (Å²) in [6.07, 6.45) is 0. The first kappa shape index (κ1) is 14.9. The molecule has 0 aliphatic carbocycles. The van der Waals surface area contributed by atoms with E-state index in [0.29, 0.717) is 17.2 Å². The lowest BCUT2D eigenvalue weighted by Gasteiger charge is -2.27. The first-order valence-electron chi connectivity index (χ1n) is 6.05. The lowest BCUT2D eigenvalue weighted by molar-refractivity contribution is 0.274. The molecule has 100 valence electrons. The van der Waals surface area contributed by atoms with Crippen molar-refractivity contribution in [3.63, 3.8) is 0 Å². The van der Waals surface area contributed by atoms with Crippen molar-refractivity contribution in [1.82, 2.24) is 0 Å². The van der Waals surface area contributed by atoms with Crippen LogP contribution in [0.2, 0.25) is 0 Å². The van der Waals surface area contributed by atoms with E-state index in [-0.39, 0.29) is 16.2 Å². The second-order valence-corrected chi connectivity index (χ2v) is 6.15. The molecule has 0 amide bonds. The van der Waals surface area contributed by atoms with Crippen LogP contribution in [0.3, 0.4) is 0 Å². The van der Waals surface area contributed by atoms with Crippen LogP contribution in [0.15, 0.2) is 18.2 Å². The van der Waals surface area contributed by atoms with Crippen molar-refractivity contribution in [3.8, 4) is 0 Å². The van der Waals surface area contributed by atoms with Gasteiger partial charge in [-0.05, 0) is 29.5 Å². The Kier molecular flexibility index (Phi) is 4.68. The Morgan fingerprint density at radius 1 is 1.44 bits per heavy atom. The fourth-order valence-electron chi connectivity index (χ4n) is 1.38. The number of hydrogen-bond donors (Lipinski definition) is 2. The minimum absolute atomic E-state index is 0.197. The fourth-order valence-corrected chi connectivity index (χ4v) is 1.51. The Bertz CT molecular complexity index is 438. The van der Waals surface area contributed by atoms with E-state index >= 15 is 0 Å². The van der Waals surface area contributed by atoms with Crippen molar-refractivity contribution < 1.29 is 4.39 Å². The highest BCUT2D eigenvalue weighted by Crippen LogP contribution is 2.26. The van der Waals surface area contributed by atoms with Gasteiger partial charge in [-0.1, -0.05) is 39.9 Å². The Labute approximate surface area is 114 Å². The predicted molar refractivity (Wildman–Crippen MR) is 79.4 cm³/mol. The third-order valence-corrected chi connectivity index (χ3v) is 3.57. The molecule has 0 fully saturated rings. The number of benzene rings is 1. The minimum Gasteiger partial charge on any atom is -0.389 e. The third kappa shape index (κ3) is 3.95. The van der Waals surface area contributed by atoms with Crippen LogP contribution in [0.4, 0.5) is 10.1 Å². The molecule has 1 atom stereocenters. The zero-order chi connectivity index (χ0) is 13.9. The minimum atomic E-state index is -0.318. The van der Waals surface area contributed by atoms with Crippen molar-refractivity contribution in [1.29, 1.82) is 0 Å².